The molecule has 0 spiro atoms. The zero-order valence-corrected chi connectivity index (χ0v) is 14.5. The van der Waals surface area contributed by atoms with Crippen LogP contribution in [-0.4, -0.2) is 24.3 Å². The number of carbonyl (C=O) groups excluding carboxylic acids is 1. The molecule has 1 heterocycles. The average Bonchev–Trinajstić information content (AvgIpc) is 2.70. The van der Waals surface area contributed by atoms with E-state index in [-0.39, 0.29) is 12.5 Å². The number of para-hydroxylation sites is 2. The van der Waals surface area contributed by atoms with E-state index in [0.717, 1.165) is 5.56 Å². The predicted molar refractivity (Wildman–Crippen MR) is 102 cm³/mol. The first-order valence-corrected chi connectivity index (χ1v) is 8.35. The van der Waals surface area contributed by atoms with Crippen LogP contribution in [0, 0.1) is 0 Å². The lowest BCUT2D eigenvalue weighted by atomic mass is 10.2. The lowest BCUT2D eigenvalue weighted by molar-refractivity contribution is -0.130. The molecule has 0 unspecified atom stereocenters. The maximum Gasteiger partial charge on any atom is 0.284 e. The van der Waals surface area contributed by atoms with Gasteiger partial charge in [0.1, 0.15) is 6.61 Å². The van der Waals surface area contributed by atoms with Gasteiger partial charge >= 0.3 is 0 Å². The second kappa shape index (κ2) is 8.67. The molecule has 0 radical (unpaired) electrons. The van der Waals surface area contributed by atoms with E-state index < -0.39 is 6.10 Å². The molecule has 5 nitrogen and oxygen atoms in total. The Balaban J connectivity index is 1.50. The molecular formula is C21H20N2O3. The van der Waals surface area contributed by atoms with Crippen LogP contribution in [0.5, 0.6) is 11.5 Å². The number of hydrogen-bond donors (Lipinski definition) is 1. The fourth-order valence-electron chi connectivity index (χ4n) is 2.33. The highest BCUT2D eigenvalue weighted by Gasteiger charge is 2.26. The summed E-state index contributed by atoms with van der Waals surface area (Å²) in [6.45, 7) is 1.97. The third kappa shape index (κ3) is 4.83. The van der Waals surface area contributed by atoms with Gasteiger partial charge in [0, 0.05) is 0 Å². The first-order valence-electron chi connectivity index (χ1n) is 8.35. The molecule has 0 fully saturated rings. The van der Waals surface area contributed by atoms with Crippen LogP contribution >= 0.6 is 0 Å². The molecule has 3 rings (SSSR count). The van der Waals surface area contributed by atoms with Crippen LogP contribution in [0.2, 0.25) is 0 Å². The molecule has 132 valence electrons. The van der Waals surface area contributed by atoms with Crippen LogP contribution in [0.25, 0.3) is 6.08 Å². The minimum atomic E-state index is -0.719. The van der Waals surface area contributed by atoms with Gasteiger partial charge in [-0.05, 0) is 30.7 Å². The highest BCUT2D eigenvalue weighted by Crippen LogP contribution is 2.30. The quantitative estimate of drug-likeness (QED) is 0.510. The summed E-state index contributed by atoms with van der Waals surface area (Å²) in [7, 11) is 0. The molecule has 1 aliphatic heterocycles. The van der Waals surface area contributed by atoms with Crippen LogP contribution in [0.4, 0.5) is 0 Å². The van der Waals surface area contributed by atoms with Gasteiger partial charge in [-0.2, -0.15) is 5.10 Å². The lowest BCUT2D eigenvalue weighted by Gasteiger charge is -2.24. The van der Waals surface area contributed by atoms with Gasteiger partial charge in [0.2, 0.25) is 6.10 Å². The number of rotatable bonds is 5. The summed E-state index contributed by atoms with van der Waals surface area (Å²) in [5.74, 6) is 0.863. The molecule has 2 aromatic carbocycles. The molecule has 26 heavy (non-hydrogen) atoms. The fourth-order valence-corrected chi connectivity index (χ4v) is 2.33. The Morgan fingerprint density at radius 3 is 2.62 bits per heavy atom. The number of fused-ring (bicyclic) bond motifs is 1. The molecule has 1 atom stereocenters. The molecule has 0 bridgehead atoms. The zero-order valence-electron chi connectivity index (χ0n) is 14.5. The molecule has 1 N–H and O–H groups in total. The minimum Gasteiger partial charge on any atom is -0.485 e. The number of allylic oxidation sites excluding steroid dienone is 3. The molecule has 0 saturated heterocycles. The van der Waals surface area contributed by atoms with E-state index in [2.05, 4.69) is 10.5 Å². The third-order valence-corrected chi connectivity index (χ3v) is 3.68. The second-order valence-corrected chi connectivity index (χ2v) is 5.72. The Hall–Kier alpha value is -3.34. The standard InChI is InChI=1S/C21H20N2O3/c1-16(9-5-6-12-17-10-3-2-4-11-17)22-23-21(24)20-15-25-18-13-7-8-14-19(18)26-20/h2-14,20H,15H2,1H3,(H,23,24)/b9-5+,12-6+,22-16-/t20-/m1/s1. The molecular weight excluding hydrogens is 328 g/mol. The lowest BCUT2D eigenvalue weighted by Crippen LogP contribution is -2.42. The summed E-state index contributed by atoms with van der Waals surface area (Å²) in [6.07, 6.45) is 6.88. The van der Waals surface area contributed by atoms with Crippen LogP contribution in [0.15, 0.2) is 77.9 Å². The SMILES string of the molecule is CC(/C=C/C=C/c1ccccc1)=N/NC(=O)[C@H]1COc2ccccc2O1. The number of hydrogen-bond acceptors (Lipinski definition) is 4. The summed E-state index contributed by atoms with van der Waals surface area (Å²) < 4.78 is 11.2. The largest absolute Gasteiger partial charge is 0.485 e. The van der Waals surface area contributed by atoms with E-state index >= 15 is 0 Å². The maximum absolute atomic E-state index is 12.2. The third-order valence-electron chi connectivity index (χ3n) is 3.68. The Bertz CT molecular complexity index is 841. The van der Waals surface area contributed by atoms with Crippen molar-refractivity contribution in [3.63, 3.8) is 0 Å². The van der Waals surface area contributed by atoms with Crippen molar-refractivity contribution in [2.45, 2.75) is 13.0 Å². The molecule has 1 amide bonds. The highest BCUT2D eigenvalue weighted by atomic mass is 16.6. The molecule has 0 aromatic heterocycles. The van der Waals surface area contributed by atoms with Crippen LogP contribution in [0.3, 0.4) is 0 Å². The number of nitrogens with zero attached hydrogens (tertiary/aromatic N) is 1. The van der Waals surface area contributed by atoms with E-state index in [0.29, 0.717) is 17.2 Å². The van der Waals surface area contributed by atoms with Crippen molar-refractivity contribution in [2.75, 3.05) is 6.61 Å². The Morgan fingerprint density at radius 1 is 1.08 bits per heavy atom. The van der Waals surface area contributed by atoms with Gasteiger partial charge in [-0.1, -0.05) is 60.7 Å². The van der Waals surface area contributed by atoms with Crippen LogP contribution in [-0.2, 0) is 4.79 Å². The van der Waals surface area contributed by atoms with Crippen molar-refractivity contribution in [1.82, 2.24) is 5.43 Å². The number of amides is 1. The van der Waals surface area contributed by atoms with Gasteiger partial charge in [-0.3, -0.25) is 4.79 Å². The van der Waals surface area contributed by atoms with Gasteiger partial charge in [-0.25, -0.2) is 5.43 Å². The Morgan fingerprint density at radius 2 is 1.81 bits per heavy atom. The smallest absolute Gasteiger partial charge is 0.284 e. The topological polar surface area (TPSA) is 59.9 Å². The van der Waals surface area contributed by atoms with Gasteiger partial charge in [0.05, 0.1) is 5.71 Å². The fraction of sp³-hybridized carbons (Fsp3) is 0.143. The first kappa shape index (κ1) is 17.5. The van der Waals surface area contributed by atoms with Gasteiger partial charge in [0.15, 0.2) is 11.5 Å². The summed E-state index contributed by atoms with van der Waals surface area (Å²) in [5.41, 5.74) is 4.30. The normalized spacial score (nSPS) is 16.8. The van der Waals surface area contributed by atoms with E-state index in [1.807, 2.05) is 66.8 Å². The van der Waals surface area contributed by atoms with Crippen molar-refractivity contribution in [3.05, 3.63) is 78.4 Å². The second-order valence-electron chi connectivity index (χ2n) is 5.72. The minimum absolute atomic E-state index is 0.160. The Kier molecular flexibility index (Phi) is 5.83. The molecule has 5 heteroatoms. The average molecular weight is 348 g/mol. The van der Waals surface area contributed by atoms with Crippen molar-refractivity contribution >= 4 is 17.7 Å². The zero-order chi connectivity index (χ0) is 18.2. The highest BCUT2D eigenvalue weighted by molar-refractivity contribution is 5.94. The van der Waals surface area contributed by atoms with Crippen molar-refractivity contribution in [2.24, 2.45) is 5.10 Å². The first-order chi connectivity index (χ1) is 12.7. The van der Waals surface area contributed by atoms with Crippen LogP contribution < -0.4 is 14.9 Å². The number of nitrogens with one attached hydrogen (secondary N) is 1. The molecule has 0 saturated carbocycles. The van der Waals surface area contributed by atoms with Gasteiger partial charge in [-0.15, -0.1) is 0 Å². The molecule has 2 aromatic rings. The number of carbonyl (C=O) groups is 1. The van der Waals surface area contributed by atoms with Crippen molar-refractivity contribution in [1.29, 1.82) is 0 Å². The summed E-state index contributed by atoms with van der Waals surface area (Å²) in [5, 5.41) is 4.06. The monoisotopic (exact) mass is 348 g/mol. The number of benzene rings is 2. The van der Waals surface area contributed by atoms with E-state index in [1.54, 1.807) is 19.1 Å². The summed E-state index contributed by atoms with van der Waals surface area (Å²) in [4.78, 5) is 12.2. The van der Waals surface area contributed by atoms with E-state index in [4.69, 9.17) is 9.47 Å². The Labute approximate surface area is 152 Å². The van der Waals surface area contributed by atoms with E-state index in [9.17, 15) is 4.79 Å². The van der Waals surface area contributed by atoms with Gasteiger partial charge < -0.3 is 9.47 Å². The molecule has 1 aliphatic rings. The van der Waals surface area contributed by atoms with Crippen molar-refractivity contribution < 1.29 is 14.3 Å². The number of ether oxygens (including phenoxy) is 2. The number of hydrazone groups is 1. The molecule has 0 aliphatic carbocycles. The summed E-state index contributed by atoms with van der Waals surface area (Å²) >= 11 is 0. The van der Waals surface area contributed by atoms with Crippen molar-refractivity contribution in [3.8, 4) is 11.5 Å². The summed E-state index contributed by atoms with van der Waals surface area (Å²) in [6, 6.07) is 17.3. The van der Waals surface area contributed by atoms with Gasteiger partial charge in [0.25, 0.3) is 5.91 Å². The van der Waals surface area contributed by atoms with Crippen LogP contribution in [0.1, 0.15) is 12.5 Å². The van der Waals surface area contributed by atoms with E-state index in [1.165, 1.54) is 0 Å². The predicted octanol–water partition coefficient (Wildman–Crippen LogP) is 3.59. The maximum atomic E-state index is 12.2.